The smallest absolute Gasteiger partial charge is 0.258 e. The third kappa shape index (κ3) is 5.49. The normalized spacial score (nSPS) is 15.9. The molecule has 7 nitrogen and oxygen atoms in total. The van der Waals surface area contributed by atoms with Crippen molar-refractivity contribution in [3.63, 3.8) is 0 Å². The van der Waals surface area contributed by atoms with E-state index in [4.69, 9.17) is 9.47 Å². The third-order valence-electron chi connectivity index (χ3n) is 5.84. The lowest BCUT2D eigenvalue weighted by Crippen LogP contribution is -2.40. The molecule has 1 aliphatic rings. The minimum atomic E-state index is -3.57. The molecule has 2 aromatic rings. The van der Waals surface area contributed by atoms with Crippen molar-refractivity contribution in [2.24, 2.45) is 0 Å². The van der Waals surface area contributed by atoms with E-state index in [9.17, 15) is 13.2 Å². The molecule has 3 rings (SSSR count). The lowest BCUT2D eigenvalue weighted by molar-refractivity contribution is -0.123. The van der Waals surface area contributed by atoms with Crippen LogP contribution in [-0.2, 0) is 19.6 Å². The molecule has 1 atom stereocenters. The van der Waals surface area contributed by atoms with Crippen molar-refractivity contribution in [2.75, 3.05) is 32.9 Å². The summed E-state index contributed by atoms with van der Waals surface area (Å²) in [5, 5.41) is 2.97. The number of carbonyl (C=O) groups excluding carboxylic acids is 1. The van der Waals surface area contributed by atoms with Crippen molar-refractivity contribution in [3.8, 4) is 5.75 Å². The predicted octanol–water partition coefficient (Wildman–Crippen LogP) is 3.20. The van der Waals surface area contributed by atoms with Gasteiger partial charge in [-0.25, -0.2) is 8.42 Å². The molecule has 1 aliphatic heterocycles. The van der Waals surface area contributed by atoms with Gasteiger partial charge in [0.2, 0.25) is 10.0 Å². The Hall–Kier alpha value is -2.42. The van der Waals surface area contributed by atoms with Gasteiger partial charge in [0.25, 0.3) is 5.91 Å². The zero-order valence-corrected chi connectivity index (χ0v) is 20.2. The van der Waals surface area contributed by atoms with E-state index in [-0.39, 0.29) is 23.5 Å². The van der Waals surface area contributed by atoms with Gasteiger partial charge in [-0.05, 0) is 80.6 Å². The van der Waals surface area contributed by atoms with Gasteiger partial charge in [0.05, 0.1) is 24.2 Å². The van der Waals surface area contributed by atoms with Crippen LogP contribution >= 0.6 is 0 Å². The zero-order chi connectivity index (χ0) is 23.5. The van der Waals surface area contributed by atoms with Gasteiger partial charge in [-0.2, -0.15) is 4.31 Å². The fourth-order valence-corrected chi connectivity index (χ4v) is 5.33. The molecule has 0 unspecified atom stereocenters. The number of nitrogens with one attached hydrogen (secondary N) is 1. The highest BCUT2D eigenvalue weighted by Gasteiger charge is 2.26. The molecule has 0 saturated carbocycles. The number of ether oxygens (including phenoxy) is 2. The summed E-state index contributed by atoms with van der Waals surface area (Å²) < 4.78 is 38.0. The number of amides is 1. The maximum absolute atomic E-state index is 12.8. The first-order chi connectivity index (χ1) is 15.1. The second-order valence-electron chi connectivity index (χ2n) is 8.31. The van der Waals surface area contributed by atoms with E-state index in [1.807, 2.05) is 13.8 Å². The van der Waals surface area contributed by atoms with Crippen LogP contribution in [0.3, 0.4) is 0 Å². The summed E-state index contributed by atoms with van der Waals surface area (Å²) in [7, 11) is -3.57. The maximum atomic E-state index is 12.8. The van der Waals surface area contributed by atoms with Crippen LogP contribution in [0, 0.1) is 27.7 Å². The number of carbonyl (C=O) groups is 1. The Morgan fingerprint density at radius 1 is 1.03 bits per heavy atom. The molecule has 1 heterocycles. The number of rotatable bonds is 7. The lowest BCUT2D eigenvalue weighted by Gasteiger charge is -2.26. The number of nitrogens with zero attached hydrogens (tertiary/aromatic N) is 1. The van der Waals surface area contributed by atoms with Crippen LogP contribution in [0.5, 0.6) is 5.75 Å². The number of hydrogen-bond donors (Lipinski definition) is 1. The van der Waals surface area contributed by atoms with Crippen molar-refractivity contribution in [3.05, 3.63) is 58.1 Å². The maximum Gasteiger partial charge on any atom is 0.258 e. The summed E-state index contributed by atoms with van der Waals surface area (Å²) >= 11 is 0. The molecular weight excluding hydrogens is 428 g/mol. The van der Waals surface area contributed by atoms with Crippen LogP contribution in [-0.4, -0.2) is 51.5 Å². The highest BCUT2D eigenvalue weighted by atomic mass is 32.2. The second kappa shape index (κ2) is 10.0. The Kier molecular flexibility index (Phi) is 7.59. The minimum Gasteiger partial charge on any atom is -0.484 e. The summed E-state index contributed by atoms with van der Waals surface area (Å²) in [4.78, 5) is 12.7. The van der Waals surface area contributed by atoms with Gasteiger partial charge in [-0.15, -0.1) is 0 Å². The molecule has 32 heavy (non-hydrogen) atoms. The molecule has 1 saturated heterocycles. The molecule has 0 aromatic heterocycles. The average molecular weight is 461 g/mol. The van der Waals surface area contributed by atoms with E-state index in [0.717, 1.165) is 11.1 Å². The van der Waals surface area contributed by atoms with E-state index >= 15 is 0 Å². The van der Waals surface area contributed by atoms with Crippen LogP contribution in [0.15, 0.2) is 35.2 Å². The topological polar surface area (TPSA) is 84.9 Å². The molecule has 1 amide bonds. The average Bonchev–Trinajstić information content (AvgIpc) is 2.75. The van der Waals surface area contributed by atoms with Crippen LogP contribution < -0.4 is 10.1 Å². The van der Waals surface area contributed by atoms with E-state index in [2.05, 4.69) is 31.3 Å². The Morgan fingerprint density at radius 2 is 1.69 bits per heavy atom. The van der Waals surface area contributed by atoms with Crippen molar-refractivity contribution in [1.82, 2.24) is 9.62 Å². The van der Waals surface area contributed by atoms with Crippen LogP contribution in [0.4, 0.5) is 0 Å². The van der Waals surface area contributed by atoms with Crippen molar-refractivity contribution < 1.29 is 22.7 Å². The van der Waals surface area contributed by atoms with E-state index < -0.39 is 10.0 Å². The second-order valence-corrected chi connectivity index (χ2v) is 10.3. The predicted molar refractivity (Wildman–Crippen MR) is 123 cm³/mol. The summed E-state index contributed by atoms with van der Waals surface area (Å²) in [6.07, 6.45) is 0. The Morgan fingerprint density at radius 3 is 2.34 bits per heavy atom. The molecule has 0 spiro atoms. The number of morpholine rings is 1. The number of benzene rings is 2. The molecule has 0 aliphatic carbocycles. The van der Waals surface area contributed by atoms with Crippen LogP contribution in [0.1, 0.15) is 40.8 Å². The minimum absolute atomic E-state index is 0.146. The summed E-state index contributed by atoms with van der Waals surface area (Å²) in [6.45, 7) is 11.2. The van der Waals surface area contributed by atoms with Gasteiger partial charge in [-0.1, -0.05) is 12.1 Å². The van der Waals surface area contributed by atoms with Gasteiger partial charge < -0.3 is 14.8 Å². The van der Waals surface area contributed by atoms with Gasteiger partial charge in [-0.3, -0.25) is 4.79 Å². The van der Waals surface area contributed by atoms with Crippen LogP contribution in [0.2, 0.25) is 0 Å². The SMILES string of the molecule is Cc1cc(C)c([C@H](C)NC(=O)COc2ccc(S(=O)(=O)N3CCOCC3)cc2C)cc1C. The first-order valence-corrected chi connectivity index (χ1v) is 12.2. The molecule has 0 bridgehead atoms. The highest BCUT2D eigenvalue weighted by molar-refractivity contribution is 7.89. The van der Waals surface area contributed by atoms with Gasteiger partial charge >= 0.3 is 0 Å². The van der Waals surface area contributed by atoms with Crippen molar-refractivity contribution in [1.29, 1.82) is 0 Å². The van der Waals surface area contributed by atoms with E-state index in [0.29, 0.717) is 37.6 Å². The Bertz CT molecular complexity index is 1090. The molecule has 174 valence electrons. The fourth-order valence-electron chi connectivity index (χ4n) is 3.83. The number of aryl methyl sites for hydroxylation is 4. The zero-order valence-electron chi connectivity index (χ0n) is 19.4. The van der Waals surface area contributed by atoms with Gasteiger partial charge in [0, 0.05) is 13.1 Å². The molecule has 1 fully saturated rings. The molecular formula is C24H32N2O5S. The van der Waals surface area contributed by atoms with E-state index in [1.54, 1.807) is 19.1 Å². The largest absolute Gasteiger partial charge is 0.484 e. The van der Waals surface area contributed by atoms with Crippen molar-refractivity contribution in [2.45, 2.75) is 45.6 Å². The first kappa shape index (κ1) is 24.2. The lowest BCUT2D eigenvalue weighted by atomic mass is 9.96. The Labute approximate surface area is 190 Å². The third-order valence-corrected chi connectivity index (χ3v) is 7.73. The monoisotopic (exact) mass is 460 g/mol. The van der Waals surface area contributed by atoms with Gasteiger partial charge in [0.15, 0.2) is 6.61 Å². The summed E-state index contributed by atoms with van der Waals surface area (Å²) in [5.41, 5.74) is 5.28. The summed E-state index contributed by atoms with van der Waals surface area (Å²) in [5.74, 6) is 0.246. The summed E-state index contributed by atoms with van der Waals surface area (Å²) in [6, 6.07) is 8.79. The Balaban J connectivity index is 1.62. The number of sulfonamides is 1. The van der Waals surface area contributed by atoms with Crippen molar-refractivity contribution >= 4 is 15.9 Å². The fraction of sp³-hybridized carbons (Fsp3) is 0.458. The number of hydrogen-bond acceptors (Lipinski definition) is 5. The van der Waals surface area contributed by atoms with E-state index in [1.165, 1.54) is 21.5 Å². The molecule has 0 radical (unpaired) electrons. The highest BCUT2D eigenvalue weighted by Crippen LogP contribution is 2.25. The quantitative estimate of drug-likeness (QED) is 0.686. The molecule has 2 aromatic carbocycles. The van der Waals surface area contributed by atoms with Crippen LogP contribution in [0.25, 0.3) is 0 Å². The molecule has 8 heteroatoms. The standard InChI is InChI=1S/C24H32N2O5S/c1-16-12-18(3)22(14-17(16)2)20(5)25-24(27)15-31-23-7-6-21(13-19(23)4)32(28,29)26-8-10-30-11-9-26/h6-7,12-14,20H,8-11,15H2,1-5H3,(H,25,27)/t20-/m0/s1. The van der Waals surface area contributed by atoms with Gasteiger partial charge in [0.1, 0.15) is 5.75 Å². The first-order valence-electron chi connectivity index (χ1n) is 10.8. The molecule has 1 N–H and O–H groups in total.